The summed E-state index contributed by atoms with van der Waals surface area (Å²) in [6, 6.07) is 2.70. The number of rotatable bonds is 4. The molecule has 0 saturated carbocycles. The fourth-order valence-electron chi connectivity index (χ4n) is 2.75. The molecule has 0 spiro atoms. The zero-order valence-corrected chi connectivity index (χ0v) is 12.7. The minimum Gasteiger partial charge on any atom is -0.353 e. The van der Waals surface area contributed by atoms with Crippen LogP contribution in [-0.4, -0.2) is 35.8 Å². The molecule has 6 heteroatoms. The molecule has 2 amide bonds. The van der Waals surface area contributed by atoms with Crippen molar-refractivity contribution in [2.45, 2.75) is 32.7 Å². The van der Waals surface area contributed by atoms with E-state index in [1.165, 1.54) is 0 Å². The molecule has 1 fully saturated rings. The predicted octanol–water partition coefficient (Wildman–Crippen LogP) is 1.88. The van der Waals surface area contributed by atoms with E-state index in [0.717, 1.165) is 18.2 Å². The van der Waals surface area contributed by atoms with Crippen molar-refractivity contribution >= 4 is 11.8 Å². The third kappa shape index (κ3) is 3.61. The third-order valence-corrected chi connectivity index (χ3v) is 3.82. The van der Waals surface area contributed by atoms with E-state index in [9.17, 15) is 18.4 Å². The molecule has 0 aliphatic carbocycles. The molecule has 1 heterocycles. The number of hydrogen-bond donors (Lipinski definition) is 1. The molecule has 1 aromatic carbocycles. The van der Waals surface area contributed by atoms with Gasteiger partial charge in [0.1, 0.15) is 17.7 Å². The summed E-state index contributed by atoms with van der Waals surface area (Å²) in [5.74, 6) is -1.42. The zero-order chi connectivity index (χ0) is 16.3. The van der Waals surface area contributed by atoms with E-state index in [1.807, 2.05) is 13.8 Å². The fourth-order valence-corrected chi connectivity index (χ4v) is 2.75. The van der Waals surface area contributed by atoms with Crippen LogP contribution in [0.1, 0.15) is 25.8 Å². The lowest BCUT2D eigenvalue weighted by Crippen LogP contribution is -2.59. The minimum absolute atomic E-state index is 0.00449. The Balaban J connectivity index is 2.04. The van der Waals surface area contributed by atoms with Gasteiger partial charge in [-0.3, -0.25) is 9.59 Å². The molecule has 22 heavy (non-hydrogen) atoms. The Hall–Kier alpha value is -1.98. The Labute approximate surface area is 128 Å². The largest absolute Gasteiger partial charge is 0.353 e. The molecule has 1 atom stereocenters. The highest BCUT2D eigenvalue weighted by molar-refractivity contribution is 5.89. The van der Waals surface area contributed by atoms with Crippen LogP contribution in [0.2, 0.25) is 0 Å². The summed E-state index contributed by atoms with van der Waals surface area (Å²) in [5.41, 5.74) is 0.177. The van der Waals surface area contributed by atoms with E-state index in [4.69, 9.17) is 0 Å². The number of benzene rings is 1. The van der Waals surface area contributed by atoms with E-state index < -0.39 is 17.7 Å². The second-order valence-corrected chi connectivity index (χ2v) is 5.80. The van der Waals surface area contributed by atoms with E-state index in [0.29, 0.717) is 13.1 Å². The Morgan fingerprint density at radius 2 is 2.14 bits per heavy atom. The van der Waals surface area contributed by atoms with Gasteiger partial charge in [0.25, 0.3) is 0 Å². The van der Waals surface area contributed by atoms with Gasteiger partial charge in [-0.1, -0.05) is 13.8 Å². The number of nitrogens with one attached hydrogen (secondary N) is 1. The van der Waals surface area contributed by atoms with E-state index >= 15 is 0 Å². The summed E-state index contributed by atoms with van der Waals surface area (Å²) in [6.07, 6.45) is 0.169. The number of aryl methyl sites for hydroxylation is 1. The first-order valence-corrected chi connectivity index (χ1v) is 7.41. The van der Waals surface area contributed by atoms with Crippen molar-refractivity contribution < 1.29 is 18.4 Å². The quantitative estimate of drug-likeness (QED) is 0.923. The van der Waals surface area contributed by atoms with Gasteiger partial charge in [-0.15, -0.1) is 0 Å². The Bertz CT molecular complexity index is 575. The smallest absolute Gasteiger partial charge is 0.243 e. The molecule has 1 aromatic rings. The molecular weight excluding hydrogens is 290 g/mol. The van der Waals surface area contributed by atoms with Gasteiger partial charge in [-0.05, 0) is 36.1 Å². The lowest BCUT2D eigenvalue weighted by atomic mass is 9.98. The third-order valence-electron chi connectivity index (χ3n) is 3.82. The van der Waals surface area contributed by atoms with Crippen molar-refractivity contribution in [2.75, 3.05) is 13.1 Å². The first-order valence-electron chi connectivity index (χ1n) is 7.41. The number of hydrogen-bond acceptors (Lipinski definition) is 2. The predicted molar refractivity (Wildman–Crippen MR) is 78.0 cm³/mol. The SMILES string of the molecule is CC(C)[C@@H]1C(=O)NCCN1C(=O)CCc1cc(F)ccc1F. The van der Waals surface area contributed by atoms with Crippen molar-refractivity contribution in [1.29, 1.82) is 0 Å². The van der Waals surface area contributed by atoms with Crippen LogP contribution in [0.25, 0.3) is 0 Å². The fraction of sp³-hybridized carbons (Fsp3) is 0.500. The second-order valence-electron chi connectivity index (χ2n) is 5.80. The van der Waals surface area contributed by atoms with Crippen LogP contribution < -0.4 is 5.32 Å². The summed E-state index contributed by atoms with van der Waals surface area (Å²) in [4.78, 5) is 25.8. The normalized spacial score (nSPS) is 18.5. The van der Waals surface area contributed by atoms with Crippen molar-refractivity contribution in [3.05, 3.63) is 35.4 Å². The van der Waals surface area contributed by atoms with Gasteiger partial charge in [-0.25, -0.2) is 8.78 Å². The Morgan fingerprint density at radius 3 is 2.82 bits per heavy atom. The minimum atomic E-state index is -0.527. The van der Waals surface area contributed by atoms with Gasteiger partial charge in [-0.2, -0.15) is 0 Å². The van der Waals surface area contributed by atoms with Gasteiger partial charge in [0.15, 0.2) is 0 Å². The molecule has 1 N–H and O–H groups in total. The molecular formula is C16H20F2N2O2. The molecule has 4 nitrogen and oxygen atoms in total. The second kappa shape index (κ2) is 6.85. The van der Waals surface area contributed by atoms with Crippen molar-refractivity contribution in [3.63, 3.8) is 0 Å². The molecule has 1 aliphatic rings. The average Bonchev–Trinajstić information content (AvgIpc) is 2.47. The van der Waals surface area contributed by atoms with Gasteiger partial charge < -0.3 is 10.2 Å². The highest BCUT2D eigenvalue weighted by Crippen LogP contribution is 2.17. The molecule has 120 valence electrons. The summed E-state index contributed by atoms with van der Waals surface area (Å²) >= 11 is 0. The van der Waals surface area contributed by atoms with Crippen molar-refractivity contribution in [1.82, 2.24) is 10.2 Å². The Kier molecular flexibility index (Phi) is 5.11. The first-order chi connectivity index (χ1) is 10.4. The molecule has 0 bridgehead atoms. The number of amides is 2. The lowest BCUT2D eigenvalue weighted by molar-refractivity contribution is -0.145. The maximum Gasteiger partial charge on any atom is 0.243 e. The molecule has 1 saturated heterocycles. The summed E-state index contributed by atoms with van der Waals surface area (Å²) < 4.78 is 26.7. The number of carbonyl (C=O) groups is 2. The molecule has 0 unspecified atom stereocenters. The average molecular weight is 310 g/mol. The standard InChI is InChI=1S/C16H20F2N2O2/c1-10(2)15-16(22)19-7-8-20(15)14(21)6-3-11-9-12(17)4-5-13(11)18/h4-5,9-10,15H,3,6-8H2,1-2H3,(H,19,22)/t15-/m1/s1. The van der Waals surface area contributed by atoms with Crippen LogP contribution in [0.5, 0.6) is 0 Å². The van der Waals surface area contributed by atoms with Crippen LogP contribution in [0, 0.1) is 17.6 Å². The monoisotopic (exact) mass is 310 g/mol. The van der Waals surface area contributed by atoms with E-state index in [-0.39, 0.29) is 36.1 Å². The lowest BCUT2D eigenvalue weighted by Gasteiger charge is -2.37. The van der Waals surface area contributed by atoms with E-state index in [2.05, 4.69) is 5.32 Å². The zero-order valence-electron chi connectivity index (χ0n) is 12.7. The molecule has 1 aliphatic heterocycles. The van der Waals surface area contributed by atoms with Gasteiger partial charge >= 0.3 is 0 Å². The maximum absolute atomic E-state index is 13.6. The van der Waals surface area contributed by atoms with Gasteiger partial charge in [0.2, 0.25) is 11.8 Å². The molecule has 2 rings (SSSR count). The highest BCUT2D eigenvalue weighted by Gasteiger charge is 2.34. The number of carbonyl (C=O) groups excluding carboxylic acids is 2. The van der Waals surface area contributed by atoms with Crippen LogP contribution in [0.3, 0.4) is 0 Å². The number of nitrogens with zero attached hydrogens (tertiary/aromatic N) is 1. The first kappa shape index (κ1) is 16.4. The summed E-state index contributed by atoms with van der Waals surface area (Å²) in [5, 5.41) is 2.75. The summed E-state index contributed by atoms with van der Waals surface area (Å²) in [7, 11) is 0. The molecule has 0 radical (unpaired) electrons. The Morgan fingerprint density at radius 1 is 1.41 bits per heavy atom. The van der Waals surface area contributed by atoms with E-state index in [1.54, 1.807) is 4.90 Å². The maximum atomic E-state index is 13.6. The highest BCUT2D eigenvalue weighted by atomic mass is 19.1. The van der Waals surface area contributed by atoms with Gasteiger partial charge in [0.05, 0.1) is 0 Å². The van der Waals surface area contributed by atoms with Crippen molar-refractivity contribution in [2.24, 2.45) is 5.92 Å². The van der Waals surface area contributed by atoms with Crippen LogP contribution in [-0.2, 0) is 16.0 Å². The number of halogens is 2. The van der Waals surface area contributed by atoms with Crippen LogP contribution in [0.15, 0.2) is 18.2 Å². The van der Waals surface area contributed by atoms with Gasteiger partial charge in [0, 0.05) is 19.5 Å². The van der Waals surface area contributed by atoms with Crippen LogP contribution in [0.4, 0.5) is 8.78 Å². The van der Waals surface area contributed by atoms with Crippen LogP contribution >= 0.6 is 0 Å². The van der Waals surface area contributed by atoms with Crippen molar-refractivity contribution in [3.8, 4) is 0 Å². The molecule has 0 aromatic heterocycles. The topological polar surface area (TPSA) is 49.4 Å². The number of piperazine rings is 1. The summed E-state index contributed by atoms with van der Waals surface area (Å²) in [6.45, 7) is 4.62.